The minimum Gasteiger partial charge on any atom is -0.493 e. The summed E-state index contributed by atoms with van der Waals surface area (Å²) in [5, 5.41) is 0. The van der Waals surface area contributed by atoms with Crippen molar-refractivity contribution in [2.45, 2.75) is 27.7 Å². The maximum absolute atomic E-state index is 6.11. The Kier molecular flexibility index (Phi) is 9.32. The Morgan fingerprint density at radius 1 is 0.521 bits per heavy atom. The van der Waals surface area contributed by atoms with E-state index in [0.29, 0.717) is 13.2 Å². The molecule has 0 unspecified atom stereocenters. The maximum atomic E-state index is 6.11. The van der Waals surface area contributed by atoms with Gasteiger partial charge in [-0.15, -0.1) is 0 Å². The molecule has 0 bridgehead atoms. The van der Waals surface area contributed by atoms with Gasteiger partial charge in [-0.1, -0.05) is 39.8 Å². The van der Waals surface area contributed by atoms with Crippen LogP contribution in [0.25, 0.3) is 56.0 Å². The lowest BCUT2D eigenvalue weighted by Gasteiger charge is -2.28. The second kappa shape index (κ2) is 13.5. The van der Waals surface area contributed by atoms with Crippen molar-refractivity contribution < 1.29 is 9.47 Å². The zero-order chi connectivity index (χ0) is 34.1. The zero-order valence-electron chi connectivity index (χ0n) is 29.5. The summed E-state index contributed by atoms with van der Waals surface area (Å²) in [6.07, 6.45) is 0. The molecule has 0 saturated heterocycles. The second-order valence-electron chi connectivity index (χ2n) is 15.1. The molecule has 8 nitrogen and oxygen atoms in total. The smallest absolute Gasteiger partial charge is 0.138 e. The lowest BCUT2D eigenvalue weighted by atomic mass is 9.94. The van der Waals surface area contributed by atoms with E-state index in [-0.39, 0.29) is 10.8 Å². The number of benzene rings is 4. The molecule has 8 heteroatoms. The fourth-order valence-electron chi connectivity index (χ4n) is 6.42. The third-order valence-corrected chi connectivity index (χ3v) is 8.30. The van der Waals surface area contributed by atoms with E-state index in [2.05, 4.69) is 136 Å². The van der Waals surface area contributed by atoms with Crippen LogP contribution in [0.1, 0.15) is 27.7 Å². The highest BCUT2D eigenvalue weighted by Gasteiger charge is 2.21. The van der Waals surface area contributed by atoms with E-state index >= 15 is 0 Å². The molecule has 0 spiro atoms. The Balaban J connectivity index is 1.14. The number of fused-ring (bicyclic) bond motifs is 2. The van der Waals surface area contributed by atoms with Crippen LogP contribution < -0.4 is 9.47 Å². The third kappa shape index (κ3) is 8.06. The molecule has 0 aliphatic rings. The SMILES string of the molecule is CN(C)CC(C)(C)COc1ccc(-c2nc3cc(-c4ccc5[nH]c(-c6ccc(OCC(C)(C)CN(C)C)cc6)nc5c4)ccc3[nH]2)cc1. The molecule has 0 radical (unpaired) electrons. The fraction of sp³-hybridized carbons (Fsp3) is 0.350. The first-order valence-corrected chi connectivity index (χ1v) is 16.6. The van der Waals surface area contributed by atoms with Gasteiger partial charge in [0.2, 0.25) is 0 Å². The lowest BCUT2D eigenvalue weighted by molar-refractivity contribution is 0.141. The van der Waals surface area contributed by atoms with Crippen LogP contribution in [-0.4, -0.2) is 84.2 Å². The minimum absolute atomic E-state index is 0.0636. The number of H-pyrrole nitrogens is 2. The Morgan fingerprint density at radius 3 is 1.23 bits per heavy atom. The number of aromatic nitrogens is 4. The van der Waals surface area contributed by atoms with Crippen molar-refractivity contribution in [1.29, 1.82) is 0 Å². The number of ether oxygens (including phenoxy) is 2. The Labute approximate surface area is 284 Å². The molecule has 48 heavy (non-hydrogen) atoms. The lowest BCUT2D eigenvalue weighted by Crippen LogP contribution is -2.33. The minimum atomic E-state index is 0.0636. The maximum Gasteiger partial charge on any atom is 0.138 e. The van der Waals surface area contributed by atoms with Gasteiger partial charge in [0.15, 0.2) is 0 Å². The van der Waals surface area contributed by atoms with Crippen LogP contribution in [0.3, 0.4) is 0 Å². The molecule has 4 aromatic carbocycles. The highest BCUT2D eigenvalue weighted by atomic mass is 16.5. The number of hydrogen-bond acceptors (Lipinski definition) is 6. The summed E-state index contributed by atoms with van der Waals surface area (Å²) < 4.78 is 12.2. The summed E-state index contributed by atoms with van der Waals surface area (Å²) in [5.74, 6) is 3.40. The van der Waals surface area contributed by atoms with Gasteiger partial charge in [0, 0.05) is 35.0 Å². The molecule has 6 aromatic rings. The third-order valence-electron chi connectivity index (χ3n) is 8.30. The monoisotopic (exact) mass is 644 g/mol. The van der Waals surface area contributed by atoms with E-state index < -0.39 is 0 Å². The highest BCUT2D eigenvalue weighted by Crippen LogP contribution is 2.31. The van der Waals surface area contributed by atoms with Gasteiger partial charge in [0.25, 0.3) is 0 Å². The molecule has 0 aliphatic carbocycles. The van der Waals surface area contributed by atoms with Crippen LogP contribution in [0.15, 0.2) is 84.9 Å². The van der Waals surface area contributed by atoms with E-state index in [1.54, 1.807) is 0 Å². The van der Waals surface area contributed by atoms with Crippen LogP contribution in [-0.2, 0) is 0 Å². The fourth-order valence-corrected chi connectivity index (χ4v) is 6.42. The average molecular weight is 645 g/mol. The van der Waals surface area contributed by atoms with Crippen molar-refractivity contribution in [3.8, 4) is 45.4 Å². The van der Waals surface area contributed by atoms with Gasteiger partial charge in [0.05, 0.1) is 35.3 Å². The molecule has 0 aliphatic heterocycles. The number of hydrogen-bond donors (Lipinski definition) is 2. The summed E-state index contributed by atoms with van der Waals surface area (Å²) in [7, 11) is 8.36. The van der Waals surface area contributed by atoms with E-state index in [9.17, 15) is 0 Å². The van der Waals surface area contributed by atoms with E-state index in [4.69, 9.17) is 19.4 Å². The van der Waals surface area contributed by atoms with Crippen LogP contribution in [0.4, 0.5) is 0 Å². The van der Waals surface area contributed by atoms with Crippen LogP contribution in [0.2, 0.25) is 0 Å². The van der Waals surface area contributed by atoms with E-state index in [1.165, 1.54) is 0 Å². The van der Waals surface area contributed by atoms with Crippen molar-refractivity contribution in [3.63, 3.8) is 0 Å². The Bertz CT molecular complexity index is 1840. The largest absolute Gasteiger partial charge is 0.493 e. The van der Waals surface area contributed by atoms with Crippen molar-refractivity contribution in [2.24, 2.45) is 10.8 Å². The molecule has 6 rings (SSSR count). The molecule has 0 saturated carbocycles. The first kappa shape index (κ1) is 33.2. The van der Waals surface area contributed by atoms with Gasteiger partial charge in [-0.3, -0.25) is 0 Å². The highest BCUT2D eigenvalue weighted by molar-refractivity contribution is 5.88. The number of rotatable bonds is 13. The van der Waals surface area contributed by atoms with Crippen LogP contribution >= 0.6 is 0 Å². The van der Waals surface area contributed by atoms with Crippen molar-refractivity contribution in [2.75, 3.05) is 54.5 Å². The Hall–Kier alpha value is -4.66. The van der Waals surface area contributed by atoms with Gasteiger partial charge < -0.3 is 29.2 Å². The summed E-state index contributed by atoms with van der Waals surface area (Å²) >= 11 is 0. The quantitative estimate of drug-likeness (QED) is 0.131. The van der Waals surface area contributed by atoms with Crippen LogP contribution in [0, 0.1) is 10.8 Å². The average Bonchev–Trinajstić information content (AvgIpc) is 3.66. The molecule has 2 N–H and O–H groups in total. The molecule has 0 atom stereocenters. The first-order chi connectivity index (χ1) is 22.8. The summed E-state index contributed by atoms with van der Waals surface area (Å²) in [6, 6.07) is 29.0. The number of nitrogens with zero attached hydrogens (tertiary/aromatic N) is 4. The van der Waals surface area contributed by atoms with Gasteiger partial charge in [-0.05, 0) is 112 Å². The number of aromatic amines is 2. The topological polar surface area (TPSA) is 82.3 Å². The second-order valence-corrected chi connectivity index (χ2v) is 15.1. The van der Waals surface area contributed by atoms with Gasteiger partial charge in [-0.25, -0.2) is 9.97 Å². The first-order valence-electron chi connectivity index (χ1n) is 16.6. The van der Waals surface area contributed by atoms with Crippen LogP contribution in [0.5, 0.6) is 11.5 Å². The van der Waals surface area contributed by atoms with E-state index in [0.717, 1.165) is 80.6 Å². The summed E-state index contributed by atoms with van der Waals surface area (Å²) in [4.78, 5) is 21.2. The zero-order valence-corrected chi connectivity index (χ0v) is 29.5. The molecule has 0 fully saturated rings. The Morgan fingerprint density at radius 2 is 0.875 bits per heavy atom. The molecule has 2 heterocycles. The van der Waals surface area contributed by atoms with E-state index in [1.807, 2.05) is 24.3 Å². The van der Waals surface area contributed by atoms with Crippen molar-refractivity contribution in [1.82, 2.24) is 29.7 Å². The predicted octanol–water partition coefficient (Wildman–Crippen LogP) is 8.37. The number of imidazole rings is 2. The van der Waals surface area contributed by atoms with Gasteiger partial charge in [-0.2, -0.15) is 0 Å². The summed E-state index contributed by atoms with van der Waals surface area (Å²) in [6.45, 7) is 12.1. The number of nitrogens with one attached hydrogen (secondary N) is 2. The van der Waals surface area contributed by atoms with Gasteiger partial charge >= 0.3 is 0 Å². The molecular weight excluding hydrogens is 596 g/mol. The predicted molar refractivity (Wildman–Crippen MR) is 198 cm³/mol. The summed E-state index contributed by atoms with van der Waals surface area (Å²) in [5.41, 5.74) is 8.18. The van der Waals surface area contributed by atoms with Gasteiger partial charge in [0.1, 0.15) is 23.1 Å². The molecule has 250 valence electrons. The van der Waals surface area contributed by atoms with Crippen molar-refractivity contribution >= 4 is 22.1 Å². The normalized spacial score (nSPS) is 12.5. The van der Waals surface area contributed by atoms with Crippen molar-refractivity contribution in [3.05, 3.63) is 84.9 Å². The molecule has 0 amide bonds. The standard InChI is InChI=1S/C40H48N6O2/c1-39(2,23-45(5)6)25-47-31-15-9-27(10-16-31)37-41-33-19-13-29(21-35(33)43-37)30-14-20-34-36(22-30)44-38(42-34)28-11-17-32(18-12-28)48-26-40(3,4)24-46(7)8/h9-22H,23-26H2,1-8H3,(H,41,43)(H,42,44). The molecular formula is C40H48N6O2. The molecule has 2 aromatic heterocycles.